The summed E-state index contributed by atoms with van der Waals surface area (Å²) in [6, 6.07) is 11.9. The molecule has 3 aromatic rings. The molecule has 7 nitrogen and oxygen atoms in total. The Morgan fingerprint density at radius 1 is 1.19 bits per heavy atom. The molecule has 140 valence electrons. The van der Waals surface area contributed by atoms with Crippen LogP contribution in [0.2, 0.25) is 0 Å². The lowest BCUT2D eigenvalue weighted by molar-refractivity contribution is -0.126. The summed E-state index contributed by atoms with van der Waals surface area (Å²) in [4.78, 5) is 18.8. The molecule has 0 bridgehead atoms. The molecule has 1 fully saturated rings. The lowest BCUT2D eigenvalue weighted by Crippen LogP contribution is -2.40. The average Bonchev–Trinajstić information content (AvgIpc) is 3.41. The van der Waals surface area contributed by atoms with E-state index in [2.05, 4.69) is 20.3 Å². The van der Waals surface area contributed by atoms with Gasteiger partial charge in [-0.2, -0.15) is 5.10 Å². The predicted octanol–water partition coefficient (Wildman–Crippen LogP) is 2.39. The molecule has 7 heteroatoms. The minimum absolute atomic E-state index is 0.0901. The summed E-state index contributed by atoms with van der Waals surface area (Å²) in [5, 5.41) is 7.18. The Hall–Kier alpha value is -2.93. The number of rotatable bonds is 6. The molecule has 0 saturated carbocycles. The number of piperidine rings is 1. The lowest BCUT2D eigenvalue weighted by atomic mass is 9.95. The van der Waals surface area contributed by atoms with E-state index in [1.54, 1.807) is 17.3 Å². The monoisotopic (exact) mass is 365 g/mol. The molecule has 0 spiro atoms. The van der Waals surface area contributed by atoms with Crippen molar-refractivity contribution in [1.29, 1.82) is 0 Å². The maximum atomic E-state index is 12.5. The SMILES string of the molecule is O=C(NCc1ccc(-n2cncn2)cc1)C1CCN(Cc2ccco2)CC1. The molecule has 1 amide bonds. The van der Waals surface area contributed by atoms with Gasteiger partial charge in [-0.15, -0.1) is 0 Å². The van der Waals surface area contributed by atoms with E-state index >= 15 is 0 Å². The molecule has 27 heavy (non-hydrogen) atoms. The first kappa shape index (κ1) is 17.5. The molecule has 1 saturated heterocycles. The summed E-state index contributed by atoms with van der Waals surface area (Å²) >= 11 is 0. The largest absolute Gasteiger partial charge is 0.468 e. The Bertz CT molecular complexity index is 835. The van der Waals surface area contributed by atoms with Gasteiger partial charge in [0.25, 0.3) is 0 Å². The fourth-order valence-electron chi connectivity index (χ4n) is 3.42. The van der Waals surface area contributed by atoms with Gasteiger partial charge in [0.1, 0.15) is 18.4 Å². The van der Waals surface area contributed by atoms with Crippen LogP contribution in [0, 0.1) is 5.92 Å². The molecular weight excluding hydrogens is 342 g/mol. The second kappa shape index (κ2) is 8.18. The lowest BCUT2D eigenvalue weighted by Gasteiger charge is -2.30. The van der Waals surface area contributed by atoms with E-state index in [0.717, 1.165) is 49.5 Å². The zero-order chi connectivity index (χ0) is 18.5. The van der Waals surface area contributed by atoms with Gasteiger partial charge in [0, 0.05) is 12.5 Å². The minimum atomic E-state index is 0.0901. The van der Waals surface area contributed by atoms with E-state index in [9.17, 15) is 4.79 Å². The fraction of sp³-hybridized carbons (Fsp3) is 0.350. The molecule has 1 aromatic carbocycles. The van der Waals surface area contributed by atoms with E-state index in [1.165, 1.54) is 6.33 Å². The number of hydrogen-bond acceptors (Lipinski definition) is 5. The Balaban J connectivity index is 1.23. The number of nitrogens with zero attached hydrogens (tertiary/aromatic N) is 4. The van der Waals surface area contributed by atoms with Gasteiger partial charge in [-0.05, 0) is 55.8 Å². The van der Waals surface area contributed by atoms with Crippen LogP contribution in [0.25, 0.3) is 5.69 Å². The van der Waals surface area contributed by atoms with Crippen LogP contribution in [-0.4, -0.2) is 38.7 Å². The number of carbonyl (C=O) groups is 1. The third kappa shape index (κ3) is 4.43. The average molecular weight is 365 g/mol. The van der Waals surface area contributed by atoms with Crippen molar-refractivity contribution in [2.75, 3.05) is 13.1 Å². The molecular formula is C20H23N5O2. The van der Waals surface area contributed by atoms with Crippen molar-refractivity contribution in [1.82, 2.24) is 25.0 Å². The number of amides is 1. The van der Waals surface area contributed by atoms with Crippen LogP contribution in [0.15, 0.2) is 59.7 Å². The second-order valence-corrected chi connectivity index (χ2v) is 6.85. The van der Waals surface area contributed by atoms with E-state index in [0.29, 0.717) is 6.54 Å². The van der Waals surface area contributed by atoms with E-state index in [1.807, 2.05) is 36.4 Å². The van der Waals surface area contributed by atoms with Crippen LogP contribution in [-0.2, 0) is 17.9 Å². The van der Waals surface area contributed by atoms with Gasteiger partial charge >= 0.3 is 0 Å². The molecule has 0 radical (unpaired) electrons. The molecule has 3 heterocycles. The number of likely N-dealkylation sites (tertiary alicyclic amines) is 1. The van der Waals surface area contributed by atoms with Crippen molar-refractivity contribution in [2.24, 2.45) is 5.92 Å². The summed E-state index contributed by atoms with van der Waals surface area (Å²) in [7, 11) is 0. The van der Waals surface area contributed by atoms with Crippen LogP contribution < -0.4 is 5.32 Å². The maximum Gasteiger partial charge on any atom is 0.223 e. The first-order valence-corrected chi connectivity index (χ1v) is 9.24. The third-order valence-electron chi connectivity index (χ3n) is 5.00. The Morgan fingerprint density at radius 3 is 2.67 bits per heavy atom. The molecule has 2 aromatic heterocycles. The van der Waals surface area contributed by atoms with Gasteiger partial charge in [0.15, 0.2) is 0 Å². The van der Waals surface area contributed by atoms with Gasteiger partial charge in [0.05, 0.1) is 18.5 Å². The number of carbonyl (C=O) groups excluding carboxylic acids is 1. The summed E-state index contributed by atoms with van der Waals surface area (Å²) in [5.74, 6) is 1.22. The van der Waals surface area contributed by atoms with Gasteiger partial charge in [-0.1, -0.05) is 12.1 Å². The molecule has 1 aliphatic rings. The first-order chi connectivity index (χ1) is 13.3. The highest BCUT2D eigenvalue weighted by atomic mass is 16.3. The molecule has 0 aliphatic carbocycles. The van der Waals surface area contributed by atoms with Crippen molar-refractivity contribution in [3.63, 3.8) is 0 Å². The van der Waals surface area contributed by atoms with Crippen LogP contribution in [0.3, 0.4) is 0 Å². The van der Waals surface area contributed by atoms with Crippen molar-refractivity contribution < 1.29 is 9.21 Å². The molecule has 1 N–H and O–H groups in total. The Kier molecular flexibility index (Phi) is 5.29. The standard InChI is InChI=1S/C20H23N5O2/c26-20(17-7-9-24(10-8-17)13-19-2-1-11-27-19)22-12-16-3-5-18(6-4-16)25-15-21-14-23-25/h1-6,11,14-15,17H,7-10,12-13H2,(H,22,26). The fourth-order valence-corrected chi connectivity index (χ4v) is 3.42. The number of hydrogen-bond donors (Lipinski definition) is 1. The number of aromatic nitrogens is 3. The van der Waals surface area contributed by atoms with Gasteiger partial charge in [0.2, 0.25) is 5.91 Å². The highest BCUT2D eigenvalue weighted by Gasteiger charge is 2.25. The minimum Gasteiger partial charge on any atom is -0.468 e. The van der Waals surface area contributed by atoms with Gasteiger partial charge < -0.3 is 9.73 Å². The molecule has 0 unspecified atom stereocenters. The Labute approximate surface area is 158 Å². The van der Waals surface area contributed by atoms with Gasteiger partial charge in [-0.3, -0.25) is 9.69 Å². The van der Waals surface area contributed by atoms with E-state index in [4.69, 9.17) is 4.42 Å². The number of furan rings is 1. The maximum absolute atomic E-state index is 12.5. The second-order valence-electron chi connectivity index (χ2n) is 6.85. The van der Waals surface area contributed by atoms with Crippen LogP contribution in [0.5, 0.6) is 0 Å². The zero-order valence-corrected chi connectivity index (χ0v) is 15.1. The van der Waals surface area contributed by atoms with Crippen LogP contribution >= 0.6 is 0 Å². The van der Waals surface area contributed by atoms with Crippen LogP contribution in [0.4, 0.5) is 0 Å². The topological polar surface area (TPSA) is 76.2 Å². The highest BCUT2D eigenvalue weighted by Crippen LogP contribution is 2.19. The normalized spacial score (nSPS) is 15.7. The van der Waals surface area contributed by atoms with E-state index < -0.39 is 0 Å². The summed E-state index contributed by atoms with van der Waals surface area (Å²) in [6.07, 6.45) is 6.65. The Morgan fingerprint density at radius 2 is 2.00 bits per heavy atom. The van der Waals surface area contributed by atoms with Crippen LogP contribution in [0.1, 0.15) is 24.2 Å². The van der Waals surface area contributed by atoms with Crippen molar-refractivity contribution in [3.05, 3.63) is 66.6 Å². The summed E-state index contributed by atoms with van der Waals surface area (Å²) in [6.45, 7) is 3.21. The molecule has 4 rings (SSSR count). The van der Waals surface area contributed by atoms with Gasteiger partial charge in [-0.25, -0.2) is 9.67 Å². The molecule has 1 aliphatic heterocycles. The van der Waals surface area contributed by atoms with Crippen molar-refractivity contribution in [3.8, 4) is 5.69 Å². The van der Waals surface area contributed by atoms with E-state index in [-0.39, 0.29) is 11.8 Å². The quantitative estimate of drug-likeness (QED) is 0.726. The number of nitrogens with one attached hydrogen (secondary N) is 1. The summed E-state index contributed by atoms with van der Waals surface area (Å²) in [5.41, 5.74) is 2.02. The van der Waals surface area contributed by atoms with Crippen molar-refractivity contribution in [2.45, 2.75) is 25.9 Å². The molecule has 0 atom stereocenters. The summed E-state index contributed by atoms with van der Waals surface area (Å²) < 4.78 is 7.11. The first-order valence-electron chi connectivity index (χ1n) is 9.24. The van der Waals surface area contributed by atoms with Crippen molar-refractivity contribution >= 4 is 5.91 Å². The smallest absolute Gasteiger partial charge is 0.223 e. The predicted molar refractivity (Wildman–Crippen MR) is 99.9 cm³/mol. The zero-order valence-electron chi connectivity index (χ0n) is 15.1. The highest BCUT2D eigenvalue weighted by molar-refractivity contribution is 5.78. The number of benzene rings is 1. The third-order valence-corrected chi connectivity index (χ3v) is 5.00.